The summed E-state index contributed by atoms with van der Waals surface area (Å²) in [6.07, 6.45) is -4.53. The van der Waals surface area contributed by atoms with E-state index in [0.29, 0.717) is 48.7 Å². The second-order valence-electron chi connectivity index (χ2n) is 21.2. The van der Waals surface area contributed by atoms with E-state index in [1.807, 2.05) is 12.1 Å². The lowest BCUT2D eigenvalue weighted by molar-refractivity contribution is -0.220. The lowest BCUT2D eigenvalue weighted by Crippen LogP contribution is -2.62. The van der Waals surface area contributed by atoms with E-state index in [4.69, 9.17) is 9.72 Å². The number of halogens is 7. The molecule has 0 spiro atoms. The van der Waals surface area contributed by atoms with Gasteiger partial charge < -0.3 is 35.8 Å². The van der Waals surface area contributed by atoms with Crippen LogP contribution in [0.2, 0.25) is 0 Å². The molecule has 3 saturated heterocycles. The van der Waals surface area contributed by atoms with Crippen LogP contribution >= 0.6 is 0 Å². The van der Waals surface area contributed by atoms with Crippen molar-refractivity contribution >= 4 is 29.6 Å². The van der Waals surface area contributed by atoms with Gasteiger partial charge in [0, 0.05) is 79.3 Å². The average molecular weight is 1090 g/mol. The van der Waals surface area contributed by atoms with Gasteiger partial charge in [-0.2, -0.15) is 27.1 Å². The lowest BCUT2D eigenvalue weighted by atomic mass is 9.82. The van der Waals surface area contributed by atoms with E-state index in [1.165, 1.54) is 0 Å². The average Bonchev–Trinajstić information content (AvgIpc) is 3.93. The number of alkyl halides is 5. The Balaban J connectivity index is 1.15. The molecule has 6 atom stereocenters. The van der Waals surface area contributed by atoms with Gasteiger partial charge in [0.15, 0.2) is 0 Å². The molecule has 0 radical (unpaired) electrons. The van der Waals surface area contributed by atoms with Crippen molar-refractivity contribution in [3.8, 4) is 23.1 Å². The summed E-state index contributed by atoms with van der Waals surface area (Å²) >= 11 is 0. The maximum Gasteiger partial charge on any atom is 0.405 e. The summed E-state index contributed by atoms with van der Waals surface area (Å²) in [5.41, 5.74) is -1.08. The van der Waals surface area contributed by atoms with Crippen LogP contribution in [0.25, 0.3) is 11.3 Å². The highest BCUT2D eigenvalue weighted by Crippen LogP contribution is 2.41. The Bertz CT molecular complexity index is 2770. The number of pyridine rings is 1. The SMILES string of the molecule is CCC(=O)NC(C(=O)NN(Cc1c(F)cc(-c2ccn(C(F)F)n2)cc1F)CC(O)C(Cc1ccc(C#Cc2ccc(N3CC4CCC(C3)N4C3COC3)nc2)cc1)NC(=O)C(NC(=O)O)C(C)(C)C(F)(F)F)C(C)(C)C. The standard InChI is InChI=1S/C53H63F7N10O7/c1-7-44(72)63-45(51(2,3)4)48(74)66-68(26-37-38(54)21-33(22-39(37)55)40-18-19-69(65-40)49(56)57)27-42(71)41(62-47(73)46(64-50(75)76)52(5,6)53(58,59)60)20-31-11-8-30(9-12-31)10-13-32-14-17-43(61-23-32)67-24-34-15-16-35(25-67)70(34)36-28-77-29-36/h8-9,11-12,14,17-19,21-23,34-36,41-42,45-46,49,64,71H,7,15-16,20,24-29H2,1-6H3,(H,62,73)(H,63,72)(H,66,74)(H,75,76). The fourth-order valence-electron chi connectivity index (χ4n) is 9.65. The molecule has 24 heteroatoms. The monoisotopic (exact) mass is 1080 g/mol. The summed E-state index contributed by atoms with van der Waals surface area (Å²) in [5.74, 6) is 1.59. The number of anilines is 1. The van der Waals surface area contributed by atoms with Crippen LogP contribution in [0.5, 0.6) is 0 Å². The Morgan fingerprint density at radius 3 is 1.99 bits per heavy atom. The molecule has 7 rings (SSSR count). The van der Waals surface area contributed by atoms with Crippen molar-refractivity contribution in [2.45, 2.75) is 129 Å². The maximum absolute atomic E-state index is 16.0. The Hall–Kier alpha value is -6.81. The number of hydrogen-bond acceptors (Lipinski definition) is 11. The maximum atomic E-state index is 16.0. The minimum atomic E-state index is -5.13. The Morgan fingerprint density at radius 1 is 0.844 bits per heavy atom. The molecule has 0 aliphatic carbocycles. The normalized spacial score (nSPS) is 18.7. The van der Waals surface area contributed by atoms with Gasteiger partial charge in [0.1, 0.15) is 29.5 Å². The number of hydrogen-bond donors (Lipinski definition) is 6. The van der Waals surface area contributed by atoms with Crippen molar-refractivity contribution in [3.05, 3.63) is 101 Å². The molecular weight excluding hydrogens is 1020 g/mol. The molecule has 4 aromatic rings. The third-order valence-electron chi connectivity index (χ3n) is 14.2. The minimum Gasteiger partial charge on any atom is -0.465 e. The van der Waals surface area contributed by atoms with Crippen LogP contribution in [0.15, 0.2) is 67.0 Å². The quantitative estimate of drug-likeness (QED) is 0.0355. The third kappa shape index (κ3) is 14.0. The second-order valence-corrected chi connectivity index (χ2v) is 21.2. The van der Waals surface area contributed by atoms with Crippen molar-refractivity contribution < 1.29 is 64.9 Å². The van der Waals surface area contributed by atoms with E-state index in [2.05, 4.69) is 42.8 Å². The van der Waals surface area contributed by atoms with Crippen molar-refractivity contribution in [1.29, 1.82) is 0 Å². The van der Waals surface area contributed by atoms with Crippen LogP contribution in [-0.4, -0.2) is 140 Å². The number of aromatic nitrogens is 3. The van der Waals surface area contributed by atoms with E-state index in [9.17, 15) is 51.3 Å². The molecule has 2 aromatic heterocycles. The predicted molar refractivity (Wildman–Crippen MR) is 268 cm³/mol. The lowest BCUT2D eigenvalue weighted by Gasteiger charge is -2.47. The molecule has 3 fully saturated rings. The van der Waals surface area contributed by atoms with Gasteiger partial charge in [-0.1, -0.05) is 51.7 Å². The summed E-state index contributed by atoms with van der Waals surface area (Å²) < 4.78 is 108. The second kappa shape index (κ2) is 23.8. The smallest absolute Gasteiger partial charge is 0.405 e. The first-order valence-corrected chi connectivity index (χ1v) is 25.1. The first-order chi connectivity index (χ1) is 36.2. The molecule has 416 valence electrons. The van der Waals surface area contributed by atoms with Gasteiger partial charge in [-0.25, -0.2) is 28.3 Å². The first-order valence-electron chi connectivity index (χ1n) is 25.1. The fourth-order valence-corrected chi connectivity index (χ4v) is 9.65. The number of hydrazine groups is 1. The largest absolute Gasteiger partial charge is 0.465 e. The van der Waals surface area contributed by atoms with Crippen molar-refractivity contribution in [3.63, 3.8) is 0 Å². The van der Waals surface area contributed by atoms with Gasteiger partial charge in [0.25, 0.3) is 5.91 Å². The highest BCUT2D eigenvalue weighted by atomic mass is 19.4. The first kappa shape index (κ1) is 57.9. The van der Waals surface area contributed by atoms with Gasteiger partial charge in [0.05, 0.1) is 42.5 Å². The van der Waals surface area contributed by atoms with E-state index in [1.54, 1.807) is 63.5 Å². The van der Waals surface area contributed by atoms with Crippen LogP contribution in [0.1, 0.15) is 89.6 Å². The van der Waals surface area contributed by atoms with E-state index in [-0.39, 0.29) is 28.8 Å². The van der Waals surface area contributed by atoms with Crippen LogP contribution < -0.4 is 26.3 Å². The number of benzene rings is 2. The summed E-state index contributed by atoms with van der Waals surface area (Å²) in [4.78, 5) is 62.1. The number of amides is 4. The van der Waals surface area contributed by atoms with Gasteiger partial charge in [-0.05, 0) is 86.6 Å². The summed E-state index contributed by atoms with van der Waals surface area (Å²) in [7, 11) is 0. The summed E-state index contributed by atoms with van der Waals surface area (Å²) in [6, 6.07) is 8.95. The molecule has 4 amide bonds. The summed E-state index contributed by atoms with van der Waals surface area (Å²) in [6.45, 7) is 6.20. The number of rotatable bonds is 19. The zero-order valence-electron chi connectivity index (χ0n) is 43.3. The molecular formula is C53H63F7N10O7. The molecule has 2 bridgehead atoms. The van der Waals surface area contributed by atoms with Crippen LogP contribution in [0.3, 0.4) is 0 Å². The Labute approximate surface area is 440 Å². The number of aliphatic hydroxyl groups excluding tert-OH is 1. The zero-order valence-corrected chi connectivity index (χ0v) is 43.3. The van der Waals surface area contributed by atoms with Crippen LogP contribution in [0, 0.1) is 34.3 Å². The third-order valence-corrected chi connectivity index (χ3v) is 14.2. The van der Waals surface area contributed by atoms with Crippen LogP contribution in [-0.2, 0) is 32.1 Å². The van der Waals surface area contributed by atoms with Crippen molar-refractivity contribution in [1.82, 2.24) is 46.0 Å². The number of carbonyl (C=O) groups excluding carboxylic acids is 3. The number of piperazine rings is 1. The van der Waals surface area contributed by atoms with Crippen LogP contribution in [0.4, 0.5) is 41.3 Å². The number of ether oxygens (including phenoxy) is 1. The van der Waals surface area contributed by atoms with Gasteiger partial charge >= 0.3 is 18.8 Å². The summed E-state index contributed by atoms with van der Waals surface area (Å²) in [5, 5.41) is 32.7. The predicted octanol–water partition coefficient (Wildman–Crippen LogP) is 6.16. The Morgan fingerprint density at radius 2 is 1.47 bits per heavy atom. The van der Waals surface area contributed by atoms with Gasteiger partial charge in [-0.3, -0.25) is 24.7 Å². The number of fused-ring (bicyclic) bond motifs is 2. The molecule has 2 aromatic carbocycles. The number of carboxylic acid groups (broad SMARTS) is 1. The Kier molecular flexibility index (Phi) is 17.9. The number of carbonyl (C=O) groups is 4. The van der Waals surface area contributed by atoms with Crippen molar-refractivity contribution in [2.75, 3.05) is 37.7 Å². The molecule has 77 heavy (non-hydrogen) atoms. The number of aliphatic hydroxyl groups is 1. The van der Waals surface area contributed by atoms with E-state index < -0.39 is 102 Å². The molecule has 3 aliphatic rings. The molecule has 0 saturated carbocycles. The van der Waals surface area contributed by atoms with Crippen molar-refractivity contribution in [2.24, 2.45) is 10.8 Å². The topological polar surface area (TPSA) is 207 Å². The zero-order chi connectivity index (χ0) is 56.1. The number of nitrogens with zero attached hydrogens (tertiary/aromatic N) is 6. The molecule has 6 N–H and O–H groups in total. The highest BCUT2D eigenvalue weighted by molar-refractivity contribution is 5.88. The molecule has 17 nitrogen and oxygen atoms in total. The molecule has 5 heterocycles. The minimum absolute atomic E-state index is 0.0277. The molecule has 3 aliphatic heterocycles. The van der Waals surface area contributed by atoms with Gasteiger partial charge in [0.2, 0.25) is 11.8 Å². The fraction of sp³-hybridized carbons (Fsp3) is 0.509. The van der Waals surface area contributed by atoms with Gasteiger partial charge in [-0.15, -0.1) is 0 Å². The molecule has 6 unspecified atom stereocenters. The van der Waals surface area contributed by atoms with E-state index in [0.717, 1.165) is 74.4 Å². The van der Waals surface area contributed by atoms with E-state index >= 15 is 8.78 Å². The number of nitrogens with one attached hydrogen (secondary N) is 4. The highest BCUT2D eigenvalue weighted by Gasteiger charge is 2.56.